The van der Waals surface area contributed by atoms with Crippen molar-refractivity contribution >= 4 is 29.5 Å². The fraction of sp³-hybridized carbons (Fsp3) is 0.560. The molecule has 0 aromatic rings. The van der Waals surface area contributed by atoms with Crippen molar-refractivity contribution in [2.45, 2.75) is 73.1 Å². The van der Waals surface area contributed by atoms with Gasteiger partial charge in [-0.1, -0.05) is 81.4 Å². The van der Waals surface area contributed by atoms with Gasteiger partial charge in [-0.15, -0.1) is 0 Å². The van der Waals surface area contributed by atoms with Crippen molar-refractivity contribution in [3.05, 3.63) is 56.1 Å². The van der Waals surface area contributed by atoms with Crippen LogP contribution in [-0.4, -0.2) is 11.1 Å². The third-order valence-corrected chi connectivity index (χ3v) is 7.43. The van der Waals surface area contributed by atoms with Gasteiger partial charge in [0.1, 0.15) is 0 Å². The summed E-state index contributed by atoms with van der Waals surface area (Å²) in [6.07, 6.45) is 20.1. The lowest BCUT2D eigenvalue weighted by molar-refractivity contribution is -0.147. The number of carboxylic acids is 1. The van der Waals surface area contributed by atoms with Gasteiger partial charge >= 0.3 is 5.97 Å². The number of carboxylic acid groups (broad SMARTS) is 1. The standard InChI is InChI=1S/C25H36O2S2/c1-6-9-20-14-18(2)16-22(28-20)11-12-23-17-19(3)15-21(29-23)10-7-8-13-25(4,5)24(26)27/h11-12,14-19H,6-10,13H2,1-5H3,(H,26,27)/b12-11-. The average molecular weight is 433 g/mol. The first-order valence-corrected chi connectivity index (χ1v) is 12.4. The maximum Gasteiger partial charge on any atom is 0.309 e. The maximum atomic E-state index is 11.2. The molecule has 2 aliphatic heterocycles. The second-order valence-electron chi connectivity index (χ2n) is 8.81. The van der Waals surface area contributed by atoms with Gasteiger partial charge in [0, 0.05) is 9.81 Å². The molecule has 2 heterocycles. The minimum absolute atomic E-state index is 0.448. The quantitative estimate of drug-likeness (QED) is 0.352. The summed E-state index contributed by atoms with van der Waals surface area (Å²) in [5, 5.41) is 9.25. The monoisotopic (exact) mass is 432 g/mol. The zero-order valence-electron chi connectivity index (χ0n) is 18.5. The van der Waals surface area contributed by atoms with Crippen LogP contribution in [0.1, 0.15) is 73.1 Å². The Bertz CT molecular complexity index is 738. The van der Waals surface area contributed by atoms with Crippen LogP contribution in [0.15, 0.2) is 56.1 Å². The fourth-order valence-corrected chi connectivity index (χ4v) is 6.03. The third kappa shape index (κ3) is 8.25. The molecule has 1 N–H and O–H groups in total. The maximum absolute atomic E-state index is 11.2. The highest BCUT2D eigenvalue weighted by Gasteiger charge is 2.26. The number of hydrogen-bond donors (Lipinski definition) is 1. The molecule has 0 amide bonds. The number of unbranched alkanes of at least 4 members (excludes halogenated alkanes) is 1. The second kappa shape index (κ2) is 11.3. The van der Waals surface area contributed by atoms with E-state index >= 15 is 0 Å². The van der Waals surface area contributed by atoms with E-state index in [9.17, 15) is 9.90 Å². The molecule has 4 heteroatoms. The molecule has 0 radical (unpaired) electrons. The molecule has 2 nitrogen and oxygen atoms in total. The minimum atomic E-state index is -0.700. The van der Waals surface area contributed by atoms with E-state index in [-0.39, 0.29) is 0 Å². The average Bonchev–Trinajstić information content (AvgIpc) is 2.63. The molecule has 0 spiro atoms. The number of rotatable bonds is 10. The SMILES string of the molecule is CCCC1=CC(C)C=C(/C=C\C2=CC(C)C=C(CCCCC(C)(C)C(=O)O)S2)S1. The number of allylic oxidation sites excluding steroid dienone is 8. The molecule has 2 aliphatic rings. The van der Waals surface area contributed by atoms with Crippen LogP contribution in [0.25, 0.3) is 0 Å². The summed E-state index contributed by atoms with van der Waals surface area (Å²) in [4.78, 5) is 16.8. The summed E-state index contributed by atoms with van der Waals surface area (Å²) in [6, 6.07) is 0. The lowest BCUT2D eigenvalue weighted by atomic mass is 9.87. The van der Waals surface area contributed by atoms with Crippen molar-refractivity contribution < 1.29 is 9.90 Å². The molecule has 160 valence electrons. The first-order chi connectivity index (χ1) is 13.7. The zero-order valence-corrected chi connectivity index (χ0v) is 20.2. The normalized spacial score (nSPS) is 22.8. The first kappa shape index (κ1) is 24.1. The van der Waals surface area contributed by atoms with Gasteiger partial charge in [0.05, 0.1) is 5.41 Å². The van der Waals surface area contributed by atoms with Gasteiger partial charge in [0.25, 0.3) is 0 Å². The highest BCUT2D eigenvalue weighted by atomic mass is 32.2. The van der Waals surface area contributed by atoms with Crippen LogP contribution in [0.2, 0.25) is 0 Å². The molecule has 0 fully saturated rings. The van der Waals surface area contributed by atoms with Gasteiger partial charge in [-0.05, 0) is 73.3 Å². The predicted octanol–water partition coefficient (Wildman–Crippen LogP) is 8.32. The van der Waals surface area contributed by atoms with E-state index < -0.39 is 11.4 Å². The summed E-state index contributed by atoms with van der Waals surface area (Å²) >= 11 is 3.78. The fourth-order valence-electron chi connectivity index (χ4n) is 3.47. The van der Waals surface area contributed by atoms with E-state index in [4.69, 9.17) is 0 Å². The van der Waals surface area contributed by atoms with Crippen LogP contribution in [0, 0.1) is 17.3 Å². The van der Waals surface area contributed by atoms with Crippen LogP contribution in [0.4, 0.5) is 0 Å². The molecule has 2 rings (SSSR count). The summed E-state index contributed by atoms with van der Waals surface area (Å²) in [6.45, 7) is 10.4. The van der Waals surface area contributed by atoms with Gasteiger partial charge in [-0.3, -0.25) is 4.79 Å². The molecule has 0 aromatic carbocycles. The van der Waals surface area contributed by atoms with Gasteiger partial charge < -0.3 is 5.11 Å². The summed E-state index contributed by atoms with van der Waals surface area (Å²) in [5.41, 5.74) is -0.622. The highest BCUT2D eigenvalue weighted by Crippen LogP contribution is 2.39. The van der Waals surface area contributed by atoms with Crippen molar-refractivity contribution in [3.63, 3.8) is 0 Å². The van der Waals surface area contributed by atoms with E-state index in [0.29, 0.717) is 11.8 Å². The molecular formula is C25H36O2S2. The van der Waals surface area contributed by atoms with Crippen molar-refractivity contribution in [2.75, 3.05) is 0 Å². The van der Waals surface area contributed by atoms with Crippen molar-refractivity contribution in [3.8, 4) is 0 Å². The second-order valence-corrected chi connectivity index (χ2v) is 11.2. The lowest BCUT2D eigenvalue weighted by Crippen LogP contribution is -2.23. The molecule has 0 saturated carbocycles. The van der Waals surface area contributed by atoms with Gasteiger partial charge in [-0.2, -0.15) is 0 Å². The van der Waals surface area contributed by atoms with Crippen LogP contribution >= 0.6 is 23.5 Å². The predicted molar refractivity (Wildman–Crippen MR) is 130 cm³/mol. The molecule has 0 saturated heterocycles. The zero-order chi connectivity index (χ0) is 21.4. The van der Waals surface area contributed by atoms with Crippen LogP contribution < -0.4 is 0 Å². The number of carbonyl (C=O) groups is 1. The van der Waals surface area contributed by atoms with Crippen molar-refractivity contribution in [2.24, 2.45) is 17.3 Å². The topological polar surface area (TPSA) is 37.3 Å². The Balaban J connectivity index is 1.86. The van der Waals surface area contributed by atoms with E-state index in [1.54, 1.807) is 0 Å². The van der Waals surface area contributed by atoms with Crippen LogP contribution in [0.5, 0.6) is 0 Å². The smallest absolute Gasteiger partial charge is 0.309 e. The molecule has 2 unspecified atom stereocenters. The van der Waals surface area contributed by atoms with Crippen molar-refractivity contribution in [1.29, 1.82) is 0 Å². The van der Waals surface area contributed by atoms with Gasteiger partial charge in [0.15, 0.2) is 0 Å². The Kier molecular flexibility index (Phi) is 9.42. The molecule has 0 aliphatic carbocycles. The Morgan fingerprint density at radius 2 is 1.48 bits per heavy atom. The van der Waals surface area contributed by atoms with Crippen LogP contribution in [0.3, 0.4) is 0 Å². The Labute approximate surface area is 185 Å². The lowest BCUT2D eigenvalue weighted by Gasteiger charge is -2.20. The van der Waals surface area contributed by atoms with Gasteiger partial charge in [-0.25, -0.2) is 0 Å². The molecule has 29 heavy (non-hydrogen) atoms. The number of hydrogen-bond acceptors (Lipinski definition) is 3. The molecular weight excluding hydrogens is 396 g/mol. The van der Waals surface area contributed by atoms with E-state index in [0.717, 1.165) is 25.7 Å². The molecule has 0 bridgehead atoms. The van der Waals surface area contributed by atoms with Crippen molar-refractivity contribution in [1.82, 2.24) is 0 Å². The Hall–Kier alpha value is -1.13. The minimum Gasteiger partial charge on any atom is -0.481 e. The summed E-state index contributed by atoms with van der Waals surface area (Å²) in [7, 11) is 0. The summed E-state index contributed by atoms with van der Waals surface area (Å²) in [5.74, 6) is 0.257. The van der Waals surface area contributed by atoms with E-state index in [1.165, 1.54) is 32.5 Å². The van der Waals surface area contributed by atoms with Crippen LogP contribution in [-0.2, 0) is 4.79 Å². The summed E-state index contributed by atoms with van der Waals surface area (Å²) < 4.78 is 0. The largest absolute Gasteiger partial charge is 0.481 e. The Morgan fingerprint density at radius 1 is 0.966 bits per heavy atom. The van der Waals surface area contributed by atoms with E-state index in [1.807, 2.05) is 37.4 Å². The highest BCUT2D eigenvalue weighted by molar-refractivity contribution is 8.07. The third-order valence-electron chi connectivity index (χ3n) is 5.21. The first-order valence-electron chi connectivity index (χ1n) is 10.8. The van der Waals surface area contributed by atoms with E-state index in [2.05, 4.69) is 57.2 Å². The Morgan fingerprint density at radius 3 is 1.97 bits per heavy atom. The molecule has 2 atom stereocenters. The van der Waals surface area contributed by atoms with Gasteiger partial charge in [0.2, 0.25) is 0 Å². The molecule has 0 aromatic heterocycles. The number of aliphatic carboxylic acids is 1. The number of thioether (sulfide) groups is 2.